The summed E-state index contributed by atoms with van der Waals surface area (Å²) in [5.41, 5.74) is 2.73. The summed E-state index contributed by atoms with van der Waals surface area (Å²) in [5, 5.41) is 16.2. The summed E-state index contributed by atoms with van der Waals surface area (Å²) in [4.78, 5) is 24.6. The summed E-state index contributed by atoms with van der Waals surface area (Å²) in [6.45, 7) is 5.84. The quantitative estimate of drug-likeness (QED) is 0.402. The van der Waals surface area contributed by atoms with Gasteiger partial charge in [-0.05, 0) is 41.3 Å². The van der Waals surface area contributed by atoms with E-state index in [0.29, 0.717) is 18.9 Å². The molecule has 4 rings (SSSR count). The van der Waals surface area contributed by atoms with Gasteiger partial charge < -0.3 is 10.0 Å². The van der Waals surface area contributed by atoms with Gasteiger partial charge in [0, 0.05) is 17.5 Å². The molecule has 0 saturated carbocycles. The molecule has 2 heterocycles. The van der Waals surface area contributed by atoms with Crippen LogP contribution in [0.25, 0.3) is 0 Å². The molecule has 1 fully saturated rings. The van der Waals surface area contributed by atoms with Crippen molar-refractivity contribution in [1.29, 1.82) is 0 Å². The van der Waals surface area contributed by atoms with E-state index in [9.17, 15) is 14.7 Å². The number of quaternary nitrogens is 1. The van der Waals surface area contributed by atoms with E-state index in [1.54, 1.807) is 11.3 Å². The molecule has 5 nitrogen and oxygen atoms in total. The number of carboxylic acids is 1. The van der Waals surface area contributed by atoms with Crippen LogP contribution in [0.2, 0.25) is 0 Å². The van der Waals surface area contributed by atoms with Crippen LogP contribution in [0.15, 0.2) is 77.5 Å². The van der Waals surface area contributed by atoms with E-state index in [1.807, 2.05) is 77.5 Å². The van der Waals surface area contributed by atoms with E-state index in [1.165, 1.54) is 37.3 Å². The Hall–Kier alpha value is -2.80. The van der Waals surface area contributed by atoms with Crippen LogP contribution < -0.4 is 10.2 Å². The standard InChI is InChI=1S/C15H15NO2.C13H19NOS/c17-15(18)14(13-9-5-2-6-10-13)16-11-12-7-3-1-4-8-12;1-2-11-3-6-14(7-4-11)9-13(15)12-5-8-16-10-12/h1-10,14,16H,11H2,(H,17,18);5,8,10-11H,2-4,6-7,9H2,1H3/p+1. The van der Waals surface area contributed by atoms with Gasteiger partial charge in [0.15, 0.2) is 0 Å². The topological polar surface area (TPSA) is 70.8 Å². The van der Waals surface area contributed by atoms with Crippen LogP contribution >= 0.6 is 11.3 Å². The number of aliphatic carboxylic acids is 1. The molecule has 180 valence electrons. The first-order valence-corrected chi connectivity index (χ1v) is 12.9. The Labute approximate surface area is 206 Å². The second-order valence-corrected chi connectivity index (χ2v) is 9.54. The van der Waals surface area contributed by atoms with Crippen molar-refractivity contribution in [3.8, 4) is 0 Å². The predicted molar refractivity (Wildman–Crippen MR) is 137 cm³/mol. The molecule has 0 aliphatic carbocycles. The zero-order chi connectivity index (χ0) is 24.2. The molecule has 0 radical (unpaired) electrons. The lowest BCUT2D eigenvalue weighted by atomic mass is 9.94. The SMILES string of the molecule is CCC1CC[NH+](CC(=O)c2ccsc2)CC1.O=C(O)C(NCc1ccccc1)c1ccccc1. The second-order valence-electron chi connectivity index (χ2n) is 8.76. The fraction of sp³-hybridized carbons (Fsp3) is 0.357. The van der Waals surface area contributed by atoms with Crippen LogP contribution in [-0.2, 0) is 11.3 Å². The number of thiophene rings is 1. The van der Waals surface area contributed by atoms with E-state index < -0.39 is 12.0 Å². The summed E-state index contributed by atoms with van der Waals surface area (Å²) in [7, 11) is 0. The van der Waals surface area contributed by atoms with E-state index in [-0.39, 0.29) is 0 Å². The highest BCUT2D eigenvalue weighted by atomic mass is 32.1. The van der Waals surface area contributed by atoms with Gasteiger partial charge in [-0.15, -0.1) is 0 Å². The number of likely N-dealkylation sites (tertiary alicyclic amines) is 1. The van der Waals surface area contributed by atoms with Crippen LogP contribution in [0.5, 0.6) is 0 Å². The third-order valence-electron chi connectivity index (χ3n) is 6.38. The van der Waals surface area contributed by atoms with Crippen molar-refractivity contribution < 1.29 is 19.6 Å². The summed E-state index contributed by atoms with van der Waals surface area (Å²) >= 11 is 1.60. The minimum Gasteiger partial charge on any atom is -0.480 e. The molecule has 1 aliphatic heterocycles. The monoisotopic (exact) mass is 479 g/mol. The fourth-order valence-electron chi connectivity index (χ4n) is 4.23. The van der Waals surface area contributed by atoms with Gasteiger partial charge in [0.2, 0.25) is 5.78 Å². The number of nitrogens with one attached hydrogen (secondary N) is 2. The van der Waals surface area contributed by atoms with Gasteiger partial charge >= 0.3 is 5.97 Å². The highest BCUT2D eigenvalue weighted by molar-refractivity contribution is 7.08. The van der Waals surface area contributed by atoms with Crippen molar-refractivity contribution in [3.05, 3.63) is 94.2 Å². The van der Waals surface area contributed by atoms with Crippen LogP contribution in [0.1, 0.15) is 53.7 Å². The largest absolute Gasteiger partial charge is 0.480 e. The van der Waals surface area contributed by atoms with Gasteiger partial charge in [-0.3, -0.25) is 14.9 Å². The fourth-order valence-corrected chi connectivity index (χ4v) is 4.89. The molecular weight excluding hydrogens is 444 g/mol. The Balaban J connectivity index is 0.000000192. The van der Waals surface area contributed by atoms with E-state index >= 15 is 0 Å². The maximum atomic E-state index is 11.9. The molecule has 34 heavy (non-hydrogen) atoms. The van der Waals surface area contributed by atoms with E-state index in [0.717, 1.165) is 22.6 Å². The smallest absolute Gasteiger partial charge is 0.325 e. The lowest BCUT2D eigenvalue weighted by Gasteiger charge is -2.28. The first kappa shape index (κ1) is 25.8. The zero-order valence-electron chi connectivity index (χ0n) is 19.8. The van der Waals surface area contributed by atoms with Crippen LogP contribution in [0.4, 0.5) is 0 Å². The lowest BCUT2D eigenvalue weighted by Crippen LogP contribution is -3.13. The normalized spacial score (nSPS) is 18.4. The molecule has 1 atom stereocenters. The van der Waals surface area contributed by atoms with Gasteiger partial charge in [0.05, 0.1) is 13.1 Å². The van der Waals surface area contributed by atoms with Gasteiger partial charge in [0.25, 0.3) is 0 Å². The Kier molecular flexibility index (Phi) is 10.5. The Bertz CT molecular complexity index is 985. The summed E-state index contributed by atoms with van der Waals surface area (Å²) in [5.74, 6) is 0.350. The molecule has 0 spiro atoms. The molecule has 1 aromatic heterocycles. The number of carboxylic acid groups (broad SMARTS) is 1. The van der Waals surface area contributed by atoms with Crippen molar-refractivity contribution >= 4 is 23.1 Å². The number of hydrogen-bond donors (Lipinski definition) is 3. The Morgan fingerprint density at radius 2 is 1.68 bits per heavy atom. The molecule has 6 heteroatoms. The van der Waals surface area contributed by atoms with Gasteiger partial charge in [-0.1, -0.05) is 74.0 Å². The van der Waals surface area contributed by atoms with Crippen LogP contribution in [-0.4, -0.2) is 36.5 Å². The van der Waals surface area contributed by atoms with E-state index in [4.69, 9.17) is 0 Å². The first-order chi connectivity index (χ1) is 16.6. The molecule has 0 amide bonds. The molecule has 2 aromatic carbocycles. The summed E-state index contributed by atoms with van der Waals surface area (Å²) in [6, 6.07) is 20.2. The van der Waals surface area contributed by atoms with Crippen molar-refractivity contribution in [1.82, 2.24) is 5.32 Å². The Morgan fingerprint density at radius 3 is 2.24 bits per heavy atom. The second kappa shape index (κ2) is 13.8. The average molecular weight is 480 g/mol. The third kappa shape index (κ3) is 8.20. The minimum absolute atomic E-state index is 0.311. The van der Waals surface area contributed by atoms with Gasteiger partial charge in [-0.2, -0.15) is 11.3 Å². The van der Waals surface area contributed by atoms with Crippen molar-refractivity contribution in [2.75, 3.05) is 19.6 Å². The molecule has 3 N–H and O–H groups in total. The highest BCUT2D eigenvalue weighted by Gasteiger charge is 2.23. The molecule has 0 bridgehead atoms. The number of ketones is 1. The predicted octanol–water partition coefficient (Wildman–Crippen LogP) is 4.24. The lowest BCUT2D eigenvalue weighted by molar-refractivity contribution is -0.897. The van der Waals surface area contributed by atoms with Gasteiger partial charge in [0.1, 0.15) is 12.6 Å². The molecule has 1 unspecified atom stereocenters. The molecule has 1 aliphatic rings. The summed E-state index contributed by atoms with van der Waals surface area (Å²) < 4.78 is 0. The number of carbonyl (C=O) groups is 2. The highest BCUT2D eigenvalue weighted by Crippen LogP contribution is 2.14. The first-order valence-electron chi connectivity index (χ1n) is 12.0. The summed E-state index contributed by atoms with van der Waals surface area (Å²) in [6.07, 6.45) is 3.89. The van der Waals surface area contributed by atoms with Crippen molar-refractivity contribution in [3.63, 3.8) is 0 Å². The number of benzene rings is 2. The number of piperidine rings is 1. The number of carbonyl (C=O) groups excluding carboxylic acids is 1. The average Bonchev–Trinajstić information content (AvgIpc) is 3.42. The molecular formula is C28H35N2O3S+. The van der Waals surface area contributed by atoms with Crippen molar-refractivity contribution in [2.24, 2.45) is 5.92 Å². The minimum atomic E-state index is -0.864. The van der Waals surface area contributed by atoms with Crippen LogP contribution in [0, 0.1) is 5.92 Å². The van der Waals surface area contributed by atoms with Gasteiger partial charge in [-0.25, -0.2) is 0 Å². The maximum Gasteiger partial charge on any atom is 0.325 e. The van der Waals surface area contributed by atoms with E-state index in [2.05, 4.69) is 12.2 Å². The van der Waals surface area contributed by atoms with Crippen molar-refractivity contribution in [2.45, 2.75) is 38.8 Å². The zero-order valence-corrected chi connectivity index (χ0v) is 20.6. The molecule has 1 saturated heterocycles. The number of hydrogen-bond acceptors (Lipinski definition) is 4. The van der Waals surface area contributed by atoms with Crippen LogP contribution in [0.3, 0.4) is 0 Å². The molecule has 3 aromatic rings. The number of rotatable bonds is 9. The maximum absolute atomic E-state index is 11.9. The third-order valence-corrected chi connectivity index (χ3v) is 7.06. The number of Topliss-reactive ketones (excluding diaryl/α,β-unsaturated/α-hetero) is 1. The Morgan fingerprint density at radius 1 is 1.03 bits per heavy atom.